The molecule has 4 heteroatoms. The second-order valence-corrected chi connectivity index (χ2v) is 8.23. The third kappa shape index (κ3) is 2.20. The molecule has 1 unspecified atom stereocenters. The molecule has 0 aliphatic rings. The van der Waals surface area contributed by atoms with Gasteiger partial charge in [-0.25, -0.2) is 0 Å². The van der Waals surface area contributed by atoms with Crippen molar-refractivity contribution in [3.8, 4) is 0 Å². The smallest absolute Gasteiger partial charge is 0.260 e. The summed E-state index contributed by atoms with van der Waals surface area (Å²) in [6.45, 7) is 6.05. The minimum Gasteiger partial charge on any atom is -0.382 e. The van der Waals surface area contributed by atoms with Gasteiger partial charge in [0.05, 0.1) is 5.73 Å². The highest BCUT2D eigenvalue weighted by Crippen LogP contribution is 2.17. The van der Waals surface area contributed by atoms with Crippen molar-refractivity contribution in [3.05, 3.63) is 12.3 Å². The lowest BCUT2D eigenvalue weighted by molar-refractivity contribution is 0.154. The molecular weight excluding hydrogens is 180 g/mol. The predicted octanol–water partition coefficient (Wildman–Crippen LogP) is 0.851. The lowest BCUT2D eigenvalue weighted by atomic mass is 10.8. The molecule has 0 aromatic rings. The Morgan fingerprint density at radius 1 is 1.23 bits per heavy atom. The van der Waals surface area contributed by atoms with Gasteiger partial charge in [-0.05, 0) is 35.1 Å². The van der Waals surface area contributed by atoms with E-state index in [-0.39, 0.29) is 5.73 Å². The van der Waals surface area contributed by atoms with E-state index >= 15 is 0 Å². The number of ether oxygens (including phenoxy) is 1. The molecule has 0 bridgehead atoms. The molecule has 0 saturated heterocycles. The van der Waals surface area contributed by atoms with E-state index in [0.717, 1.165) is 0 Å². The first kappa shape index (κ1) is 12.8. The lowest BCUT2D eigenvalue weighted by Gasteiger charge is -2.43. The molecule has 0 amide bonds. The van der Waals surface area contributed by atoms with Crippen LogP contribution in [0.4, 0.5) is 0 Å². The van der Waals surface area contributed by atoms with E-state index in [2.05, 4.69) is 56.5 Å². The van der Waals surface area contributed by atoms with Crippen LogP contribution in [0, 0.1) is 0 Å². The average Bonchev–Trinajstić information content (AvgIpc) is 2.04. The average molecular weight is 202 g/mol. The van der Waals surface area contributed by atoms with Crippen LogP contribution >= 0.6 is 0 Å². The van der Waals surface area contributed by atoms with Gasteiger partial charge in [0, 0.05) is 7.11 Å². The Kier molecular flexibility index (Phi) is 4.84. The number of hydrogen-bond acceptors (Lipinski definition) is 3. The Labute approximate surface area is 83.1 Å². The summed E-state index contributed by atoms with van der Waals surface area (Å²) in [6.07, 6.45) is 0. The standard InChI is InChI=1S/C9H22N2OSi/c1-8-13(10(3)4,11(5)6)9(2)12-7/h8-9H,1H2,2-7H3. The fourth-order valence-corrected chi connectivity index (χ4v) is 5.50. The summed E-state index contributed by atoms with van der Waals surface area (Å²) in [5, 5.41) is 0. The molecule has 13 heavy (non-hydrogen) atoms. The van der Waals surface area contributed by atoms with Gasteiger partial charge in [0.1, 0.15) is 0 Å². The summed E-state index contributed by atoms with van der Waals surface area (Å²) in [4.78, 5) is 0. The minimum absolute atomic E-state index is 0.218. The Morgan fingerprint density at radius 2 is 1.62 bits per heavy atom. The van der Waals surface area contributed by atoms with E-state index in [4.69, 9.17) is 4.74 Å². The summed E-state index contributed by atoms with van der Waals surface area (Å²) in [6, 6.07) is 0. The second-order valence-electron chi connectivity index (χ2n) is 3.65. The van der Waals surface area contributed by atoms with Crippen LogP contribution in [0.3, 0.4) is 0 Å². The van der Waals surface area contributed by atoms with Gasteiger partial charge >= 0.3 is 0 Å². The van der Waals surface area contributed by atoms with Crippen molar-refractivity contribution in [1.29, 1.82) is 0 Å². The van der Waals surface area contributed by atoms with Crippen molar-refractivity contribution in [2.24, 2.45) is 0 Å². The number of hydrogen-bond donors (Lipinski definition) is 0. The molecular formula is C9H22N2OSi. The number of rotatable bonds is 5. The van der Waals surface area contributed by atoms with Crippen molar-refractivity contribution in [3.63, 3.8) is 0 Å². The highest BCUT2D eigenvalue weighted by atomic mass is 28.3. The van der Waals surface area contributed by atoms with E-state index in [1.165, 1.54) is 0 Å². The van der Waals surface area contributed by atoms with Crippen molar-refractivity contribution in [1.82, 2.24) is 9.13 Å². The zero-order chi connectivity index (χ0) is 10.6. The first-order valence-corrected chi connectivity index (χ1v) is 6.49. The molecule has 0 aliphatic heterocycles. The van der Waals surface area contributed by atoms with Crippen LogP contribution < -0.4 is 0 Å². The topological polar surface area (TPSA) is 15.7 Å². The van der Waals surface area contributed by atoms with Gasteiger partial charge in [0.15, 0.2) is 0 Å². The van der Waals surface area contributed by atoms with Crippen molar-refractivity contribution < 1.29 is 4.74 Å². The second kappa shape index (κ2) is 4.90. The van der Waals surface area contributed by atoms with E-state index < -0.39 is 8.40 Å². The molecule has 3 nitrogen and oxygen atoms in total. The molecule has 0 fully saturated rings. The Hall–Kier alpha value is -0.163. The SMILES string of the molecule is C=C[Si](C(C)OC)(N(C)C)N(C)C. The molecule has 0 spiro atoms. The first-order chi connectivity index (χ1) is 5.93. The molecule has 0 saturated carbocycles. The van der Waals surface area contributed by atoms with Gasteiger partial charge in [-0.1, -0.05) is 5.70 Å². The zero-order valence-corrected chi connectivity index (χ0v) is 10.7. The molecule has 0 N–H and O–H groups in total. The van der Waals surface area contributed by atoms with E-state index in [0.29, 0.717) is 0 Å². The third-order valence-corrected chi connectivity index (χ3v) is 7.58. The fraction of sp³-hybridized carbons (Fsp3) is 0.778. The number of methoxy groups -OCH3 is 1. The van der Waals surface area contributed by atoms with E-state index in [1.54, 1.807) is 7.11 Å². The molecule has 0 aromatic carbocycles. The number of nitrogens with zero attached hydrogens (tertiary/aromatic N) is 2. The molecule has 0 aliphatic carbocycles. The molecule has 0 rings (SSSR count). The normalized spacial score (nSPS) is 15.1. The summed E-state index contributed by atoms with van der Waals surface area (Å²) in [5.74, 6) is 0. The quantitative estimate of drug-likeness (QED) is 0.615. The van der Waals surface area contributed by atoms with Crippen LogP contribution in [-0.4, -0.2) is 58.6 Å². The van der Waals surface area contributed by atoms with Crippen molar-refractivity contribution >= 4 is 8.40 Å². The molecule has 0 aromatic heterocycles. The molecule has 0 radical (unpaired) electrons. The Bertz CT molecular complexity index is 163. The highest BCUT2D eigenvalue weighted by molar-refractivity contribution is 6.80. The van der Waals surface area contributed by atoms with Gasteiger partial charge < -0.3 is 13.9 Å². The maximum Gasteiger partial charge on any atom is 0.260 e. The van der Waals surface area contributed by atoms with Crippen LogP contribution in [-0.2, 0) is 4.74 Å². The fourth-order valence-electron chi connectivity index (χ4n) is 1.83. The molecule has 1 atom stereocenters. The summed E-state index contributed by atoms with van der Waals surface area (Å²) in [5.41, 5.74) is 2.27. The van der Waals surface area contributed by atoms with Gasteiger partial charge in [-0.2, -0.15) is 0 Å². The zero-order valence-electron chi connectivity index (χ0n) is 9.66. The van der Waals surface area contributed by atoms with Crippen LogP contribution in [0.5, 0.6) is 0 Å². The summed E-state index contributed by atoms with van der Waals surface area (Å²) in [7, 11) is 8.28. The van der Waals surface area contributed by atoms with E-state index in [9.17, 15) is 0 Å². The first-order valence-electron chi connectivity index (χ1n) is 4.44. The maximum absolute atomic E-state index is 5.44. The predicted molar refractivity (Wildman–Crippen MR) is 59.8 cm³/mol. The van der Waals surface area contributed by atoms with Gasteiger partial charge in [0.2, 0.25) is 0 Å². The summed E-state index contributed by atoms with van der Waals surface area (Å²) < 4.78 is 9.92. The molecule has 78 valence electrons. The van der Waals surface area contributed by atoms with Gasteiger partial charge in [-0.3, -0.25) is 0 Å². The van der Waals surface area contributed by atoms with Crippen LogP contribution in [0.15, 0.2) is 12.3 Å². The maximum atomic E-state index is 5.44. The lowest BCUT2D eigenvalue weighted by Crippen LogP contribution is -2.67. The van der Waals surface area contributed by atoms with Gasteiger partial charge in [-0.15, -0.1) is 6.58 Å². The third-order valence-electron chi connectivity index (χ3n) is 2.69. The minimum atomic E-state index is -1.82. The Balaban J connectivity index is 4.97. The molecule has 0 heterocycles. The largest absolute Gasteiger partial charge is 0.382 e. The van der Waals surface area contributed by atoms with Gasteiger partial charge in [0.25, 0.3) is 8.40 Å². The van der Waals surface area contributed by atoms with Crippen LogP contribution in [0.2, 0.25) is 0 Å². The van der Waals surface area contributed by atoms with Crippen LogP contribution in [0.25, 0.3) is 0 Å². The summed E-state index contributed by atoms with van der Waals surface area (Å²) >= 11 is 0. The van der Waals surface area contributed by atoms with Crippen molar-refractivity contribution in [2.45, 2.75) is 12.7 Å². The monoisotopic (exact) mass is 202 g/mol. The Morgan fingerprint density at radius 3 is 1.69 bits per heavy atom. The van der Waals surface area contributed by atoms with E-state index in [1.807, 2.05) is 0 Å². The highest BCUT2D eigenvalue weighted by Gasteiger charge is 2.42. The van der Waals surface area contributed by atoms with Crippen molar-refractivity contribution in [2.75, 3.05) is 35.3 Å². The van der Waals surface area contributed by atoms with Crippen LogP contribution in [0.1, 0.15) is 6.92 Å².